The lowest BCUT2D eigenvalue weighted by Crippen LogP contribution is -2.19. The molecule has 0 saturated heterocycles. The summed E-state index contributed by atoms with van der Waals surface area (Å²) < 4.78 is 13.2. The Morgan fingerprint density at radius 3 is 2.71 bits per heavy atom. The van der Waals surface area contributed by atoms with Gasteiger partial charge in [-0.25, -0.2) is 4.39 Å². The molecule has 0 radical (unpaired) electrons. The van der Waals surface area contributed by atoms with Crippen molar-refractivity contribution in [2.45, 2.75) is 39.0 Å². The highest BCUT2D eigenvalue weighted by molar-refractivity contribution is 5.27. The van der Waals surface area contributed by atoms with Crippen molar-refractivity contribution < 1.29 is 9.50 Å². The van der Waals surface area contributed by atoms with Gasteiger partial charge in [0, 0.05) is 6.61 Å². The third kappa shape index (κ3) is 3.06. The van der Waals surface area contributed by atoms with Crippen LogP contribution in [-0.2, 0) is 6.42 Å². The van der Waals surface area contributed by atoms with Crippen LogP contribution in [-0.4, -0.2) is 11.7 Å². The van der Waals surface area contributed by atoms with Crippen LogP contribution in [0.1, 0.15) is 36.8 Å². The van der Waals surface area contributed by atoms with Crippen LogP contribution in [0.3, 0.4) is 0 Å². The van der Waals surface area contributed by atoms with Crippen LogP contribution in [0.15, 0.2) is 18.2 Å². The van der Waals surface area contributed by atoms with Crippen LogP contribution in [0, 0.1) is 24.6 Å². The number of aliphatic hydroxyl groups is 1. The molecule has 0 heterocycles. The fraction of sp³-hybridized carbons (Fsp3) is 0.600. The van der Waals surface area contributed by atoms with Gasteiger partial charge >= 0.3 is 0 Å². The maximum atomic E-state index is 13.2. The molecule has 0 aromatic heterocycles. The van der Waals surface area contributed by atoms with E-state index in [0.29, 0.717) is 11.8 Å². The highest BCUT2D eigenvalue weighted by atomic mass is 19.1. The van der Waals surface area contributed by atoms with Crippen molar-refractivity contribution >= 4 is 0 Å². The first kappa shape index (κ1) is 12.6. The molecule has 0 bridgehead atoms. The van der Waals surface area contributed by atoms with E-state index in [1.165, 1.54) is 31.7 Å². The average molecular weight is 236 g/mol. The number of hydrogen-bond acceptors (Lipinski definition) is 1. The topological polar surface area (TPSA) is 20.2 Å². The zero-order chi connectivity index (χ0) is 12.3. The van der Waals surface area contributed by atoms with Gasteiger partial charge in [0.05, 0.1) is 0 Å². The van der Waals surface area contributed by atoms with E-state index in [9.17, 15) is 9.50 Å². The lowest BCUT2D eigenvalue weighted by Gasteiger charge is -2.22. The predicted molar refractivity (Wildman–Crippen MR) is 67.4 cm³/mol. The summed E-state index contributed by atoms with van der Waals surface area (Å²) in [6.07, 6.45) is 5.82. The number of hydrogen-bond donors (Lipinski definition) is 1. The van der Waals surface area contributed by atoms with Crippen LogP contribution in [0.2, 0.25) is 0 Å². The molecule has 0 spiro atoms. The second-order valence-corrected chi connectivity index (χ2v) is 5.26. The number of aryl methyl sites for hydroxylation is 1. The van der Waals surface area contributed by atoms with Gasteiger partial charge in [0.25, 0.3) is 0 Å². The summed E-state index contributed by atoms with van der Waals surface area (Å²) in [7, 11) is 0. The molecule has 17 heavy (non-hydrogen) atoms. The van der Waals surface area contributed by atoms with E-state index < -0.39 is 0 Å². The molecule has 1 aromatic carbocycles. The van der Waals surface area contributed by atoms with Gasteiger partial charge in [0.1, 0.15) is 5.82 Å². The normalized spacial score (nSPS) is 18.5. The lowest BCUT2D eigenvalue weighted by atomic mass is 9.85. The molecular weight excluding hydrogens is 215 g/mol. The Hall–Kier alpha value is -0.890. The predicted octanol–water partition coefficient (Wildman–Crippen LogP) is 3.48. The summed E-state index contributed by atoms with van der Waals surface area (Å²) in [6.45, 7) is 2.23. The quantitative estimate of drug-likeness (QED) is 0.848. The van der Waals surface area contributed by atoms with Crippen molar-refractivity contribution in [3.05, 3.63) is 35.1 Å². The number of rotatable bonds is 4. The molecule has 1 atom stereocenters. The van der Waals surface area contributed by atoms with Crippen LogP contribution in [0.4, 0.5) is 4.39 Å². The number of benzene rings is 1. The zero-order valence-electron chi connectivity index (χ0n) is 10.5. The van der Waals surface area contributed by atoms with Crippen LogP contribution in [0.5, 0.6) is 0 Å². The van der Waals surface area contributed by atoms with E-state index >= 15 is 0 Å². The molecule has 1 unspecified atom stereocenters. The van der Waals surface area contributed by atoms with E-state index in [1.54, 1.807) is 6.07 Å². The van der Waals surface area contributed by atoms with Gasteiger partial charge in [-0.15, -0.1) is 0 Å². The fourth-order valence-electron chi connectivity index (χ4n) is 2.95. The van der Waals surface area contributed by atoms with E-state index in [4.69, 9.17) is 0 Å². The fourth-order valence-corrected chi connectivity index (χ4v) is 2.95. The van der Waals surface area contributed by atoms with E-state index in [2.05, 4.69) is 0 Å². The highest BCUT2D eigenvalue weighted by Gasteiger charge is 2.25. The van der Waals surface area contributed by atoms with Crippen LogP contribution < -0.4 is 0 Å². The molecule has 0 amide bonds. The molecule has 2 rings (SSSR count). The van der Waals surface area contributed by atoms with Crippen molar-refractivity contribution in [1.82, 2.24) is 0 Å². The van der Waals surface area contributed by atoms with Crippen molar-refractivity contribution in [1.29, 1.82) is 0 Å². The molecular formula is C15H21FO. The molecule has 2 heteroatoms. The Bertz CT molecular complexity index is 369. The Kier molecular flexibility index (Phi) is 4.16. The molecule has 0 aliphatic heterocycles. The molecule has 1 aliphatic carbocycles. The SMILES string of the molecule is Cc1ccc(F)cc1CC(CO)C1CCCC1. The van der Waals surface area contributed by atoms with Gasteiger partial charge in [-0.3, -0.25) is 0 Å². The number of halogens is 1. The summed E-state index contributed by atoms with van der Waals surface area (Å²) in [5.41, 5.74) is 2.18. The first-order chi connectivity index (χ1) is 8.20. The second-order valence-electron chi connectivity index (χ2n) is 5.26. The van der Waals surface area contributed by atoms with Gasteiger partial charge in [-0.05, 0) is 48.4 Å². The smallest absolute Gasteiger partial charge is 0.123 e. The van der Waals surface area contributed by atoms with Crippen molar-refractivity contribution in [2.75, 3.05) is 6.61 Å². The molecule has 1 nitrogen and oxygen atoms in total. The first-order valence-electron chi connectivity index (χ1n) is 6.56. The first-order valence-corrected chi connectivity index (χ1v) is 6.56. The summed E-state index contributed by atoms with van der Waals surface area (Å²) in [5.74, 6) is 0.759. The van der Waals surface area contributed by atoms with Gasteiger partial charge in [0.15, 0.2) is 0 Å². The van der Waals surface area contributed by atoms with Crippen molar-refractivity contribution in [2.24, 2.45) is 11.8 Å². The third-order valence-corrected chi connectivity index (χ3v) is 4.09. The third-order valence-electron chi connectivity index (χ3n) is 4.09. The molecule has 1 fully saturated rings. The number of aliphatic hydroxyl groups excluding tert-OH is 1. The van der Waals surface area contributed by atoms with E-state index in [0.717, 1.165) is 17.5 Å². The Balaban J connectivity index is 2.09. The van der Waals surface area contributed by atoms with Crippen molar-refractivity contribution in [3.63, 3.8) is 0 Å². The van der Waals surface area contributed by atoms with Crippen LogP contribution in [0.25, 0.3) is 0 Å². The average Bonchev–Trinajstić information content (AvgIpc) is 2.84. The Morgan fingerprint density at radius 1 is 1.35 bits per heavy atom. The molecule has 94 valence electrons. The lowest BCUT2D eigenvalue weighted by molar-refractivity contribution is 0.175. The minimum absolute atomic E-state index is 0.172. The maximum absolute atomic E-state index is 13.2. The summed E-state index contributed by atoms with van der Waals surface area (Å²) in [4.78, 5) is 0. The minimum atomic E-state index is -0.172. The van der Waals surface area contributed by atoms with Crippen molar-refractivity contribution in [3.8, 4) is 0 Å². The standard InChI is InChI=1S/C15H21FO/c1-11-6-7-15(16)9-13(11)8-14(10-17)12-4-2-3-5-12/h6-7,9,12,14,17H,2-5,8,10H2,1H3. The van der Waals surface area contributed by atoms with Gasteiger partial charge in [-0.2, -0.15) is 0 Å². The van der Waals surface area contributed by atoms with Crippen LogP contribution >= 0.6 is 0 Å². The van der Waals surface area contributed by atoms with Gasteiger partial charge in [-0.1, -0.05) is 31.7 Å². The van der Waals surface area contributed by atoms with E-state index in [-0.39, 0.29) is 12.4 Å². The molecule has 1 aromatic rings. The minimum Gasteiger partial charge on any atom is -0.396 e. The van der Waals surface area contributed by atoms with Gasteiger partial charge < -0.3 is 5.11 Å². The Labute approximate surface area is 103 Å². The highest BCUT2D eigenvalue weighted by Crippen LogP contribution is 2.33. The molecule has 1 N–H and O–H groups in total. The largest absolute Gasteiger partial charge is 0.396 e. The molecule has 1 saturated carbocycles. The van der Waals surface area contributed by atoms with E-state index in [1.807, 2.05) is 13.0 Å². The van der Waals surface area contributed by atoms with Gasteiger partial charge in [0.2, 0.25) is 0 Å². The Morgan fingerprint density at radius 2 is 2.06 bits per heavy atom. The maximum Gasteiger partial charge on any atom is 0.123 e. The zero-order valence-corrected chi connectivity index (χ0v) is 10.5. The monoisotopic (exact) mass is 236 g/mol. The second kappa shape index (κ2) is 5.63. The summed E-state index contributed by atoms with van der Waals surface area (Å²) in [6, 6.07) is 4.95. The molecule has 1 aliphatic rings. The summed E-state index contributed by atoms with van der Waals surface area (Å²) in [5, 5.41) is 9.51. The summed E-state index contributed by atoms with van der Waals surface area (Å²) >= 11 is 0.